The van der Waals surface area contributed by atoms with Crippen LogP contribution >= 0.6 is 0 Å². The van der Waals surface area contributed by atoms with Gasteiger partial charge < -0.3 is 0 Å². The predicted octanol–water partition coefficient (Wildman–Crippen LogP) is 2.63. The predicted molar refractivity (Wildman–Crippen MR) is 10.2 cm³/mol. The molecule has 0 aliphatic carbocycles. The molecule has 0 atom stereocenters. The van der Waals surface area contributed by atoms with Gasteiger partial charge in [-0.2, -0.15) is 0 Å². The van der Waals surface area contributed by atoms with Gasteiger partial charge in [-0.3, -0.25) is 0 Å². The summed E-state index contributed by atoms with van der Waals surface area (Å²) >= 11 is -16.6. The summed E-state index contributed by atoms with van der Waals surface area (Å²) in [4.78, 5) is 0. The summed E-state index contributed by atoms with van der Waals surface area (Å²) in [5.41, 5.74) is 0. The van der Waals surface area contributed by atoms with Gasteiger partial charge in [-0.25, -0.2) is 0 Å². The normalized spacial score (nSPS) is 32.8. The summed E-state index contributed by atoms with van der Waals surface area (Å²) in [6.45, 7) is 0. The zero-order chi connectivity index (χ0) is 10.0. The van der Waals surface area contributed by atoms with Gasteiger partial charge in [0.2, 0.25) is 0 Å². The van der Waals surface area contributed by atoms with E-state index in [1.807, 2.05) is 0 Å². The van der Waals surface area contributed by atoms with E-state index in [2.05, 4.69) is 0 Å². The van der Waals surface area contributed by atoms with Crippen LogP contribution < -0.4 is 0 Å². The molecule has 0 aromatic rings. The van der Waals surface area contributed by atoms with Crippen LogP contribution in [-0.4, -0.2) is 0 Å². The van der Waals surface area contributed by atoms with Crippen molar-refractivity contribution in [3.05, 3.63) is 0 Å². The average Bonchev–Trinajstić information content (AvgIpc) is 1.24. The van der Waals surface area contributed by atoms with Gasteiger partial charge in [0, 0.05) is 0 Å². The molecule has 0 unspecified atom stereocenters. The molecular formula is F7NbO3. The fourth-order valence-corrected chi connectivity index (χ4v) is 0. The van der Waals surface area contributed by atoms with Crippen LogP contribution in [0.2, 0.25) is 0 Å². The standard InChI is InChI=1S/FO.6FH.Nb.2O/c1-2;;;;;;;;;/h;6*1H;;;/q-1;;;;;;;+7;;/p-6. The minimum atomic E-state index is -16.6. The first-order valence-corrected chi connectivity index (χ1v) is 9.39. The van der Waals surface area contributed by atoms with Crippen molar-refractivity contribution in [2.24, 2.45) is 0 Å². The average molecular weight is 274 g/mol. The van der Waals surface area contributed by atoms with Crippen LogP contribution in [0.1, 0.15) is 0 Å². The van der Waals surface area contributed by atoms with Crippen LogP contribution in [0.4, 0.5) is 22.7 Å². The SMILES string of the molecule is [O]=[Nb](=[O])([F])([F])([F])([F])([F])([F])[O]F. The van der Waals surface area contributed by atoms with Crippen molar-refractivity contribution in [1.82, 2.24) is 0 Å². The van der Waals surface area contributed by atoms with Gasteiger partial charge in [0.15, 0.2) is 0 Å². The Bertz CT molecular complexity index is 462. The molecule has 11 heavy (non-hydrogen) atoms. The second kappa shape index (κ2) is 0.562. The van der Waals surface area contributed by atoms with Gasteiger partial charge in [-0.15, -0.1) is 0 Å². The number of halogens is 7. The van der Waals surface area contributed by atoms with Crippen LogP contribution in [-0.2, 0) is 24.1 Å². The zero-order valence-electron chi connectivity index (χ0n) is 4.32. The summed E-state index contributed by atoms with van der Waals surface area (Å²) in [7, 11) is 0. The molecule has 0 aliphatic heterocycles. The summed E-state index contributed by atoms with van der Waals surface area (Å²) < 4.78 is 90.3. The third-order valence-electron chi connectivity index (χ3n) is 0.213. The first kappa shape index (κ1) is 10.8. The van der Waals surface area contributed by atoms with Crippen LogP contribution in [0.15, 0.2) is 0 Å². The van der Waals surface area contributed by atoms with Gasteiger partial charge in [-0.05, 0) is 0 Å². The van der Waals surface area contributed by atoms with Crippen LogP contribution in [0.5, 0.6) is 0 Å². The zero-order valence-corrected chi connectivity index (χ0v) is 6.52. The molecule has 0 amide bonds. The molecule has 0 bridgehead atoms. The van der Waals surface area contributed by atoms with Crippen molar-refractivity contribution in [3.63, 3.8) is 0 Å². The Morgan fingerprint density at radius 2 is 0.909 bits per heavy atom. The van der Waals surface area contributed by atoms with Gasteiger partial charge >= 0.3 is 46.8 Å². The van der Waals surface area contributed by atoms with Crippen molar-refractivity contribution in [2.75, 3.05) is 0 Å². The number of hydrogen-bond donors (Lipinski definition) is 0. The molecule has 0 aromatic heterocycles. The maximum atomic E-state index is 10.7. The monoisotopic (exact) mass is 274 g/mol. The minimum absolute atomic E-state index is 0.578. The first-order chi connectivity index (χ1) is 3.61. The van der Waals surface area contributed by atoms with E-state index in [0.29, 0.717) is 0 Å². The molecular weight excluding hydrogens is 274 g/mol. The summed E-state index contributed by atoms with van der Waals surface area (Å²) in [5, 5.41) is 0. The third-order valence-corrected chi connectivity index (χ3v) is 1.26. The third kappa shape index (κ3) is 9.81. The Balaban J connectivity index is 7.26. The van der Waals surface area contributed by atoms with E-state index >= 15 is 0 Å². The van der Waals surface area contributed by atoms with Gasteiger partial charge in [0.05, 0.1) is 0 Å². The Morgan fingerprint density at radius 3 is 0.909 bits per heavy atom. The summed E-state index contributed by atoms with van der Waals surface area (Å²) in [6.07, 6.45) is 0. The maximum absolute atomic E-state index is 16.6. The molecule has 0 heterocycles. The second-order valence-electron chi connectivity index (χ2n) is 2.49. The molecule has 0 aromatic carbocycles. The van der Waals surface area contributed by atoms with Crippen molar-refractivity contribution in [3.8, 4) is 0 Å². The van der Waals surface area contributed by atoms with Crippen molar-refractivity contribution >= 4 is 0 Å². The fourth-order valence-electron chi connectivity index (χ4n) is 0. The summed E-state index contributed by atoms with van der Waals surface area (Å²) in [6, 6.07) is 0. The van der Waals surface area contributed by atoms with E-state index in [9.17, 15) is 22.7 Å². The van der Waals surface area contributed by atoms with Gasteiger partial charge in [0.1, 0.15) is 0 Å². The van der Waals surface area contributed by atoms with Gasteiger partial charge in [0.25, 0.3) is 0 Å². The molecule has 0 saturated heterocycles. The second-order valence-corrected chi connectivity index (χ2v) is 14.7. The van der Waals surface area contributed by atoms with Crippen LogP contribution in [0.25, 0.3) is 0 Å². The number of hydrogen-bond acceptors (Lipinski definition) is 3. The molecule has 0 spiro atoms. The fraction of sp³-hybridized carbons (Fsp3) is 0. The molecule has 0 saturated carbocycles. The number of rotatable bonds is 1. The van der Waals surface area contributed by atoms with Gasteiger partial charge in [-0.1, -0.05) is 0 Å². The molecule has 3 nitrogen and oxygen atoms in total. The van der Waals surface area contributed by atoms with Crippen LogP contribution in [0.3, 0.4) is 0 Å². The van der Waals surface area contributed by atoms with Crippen molar-refractivity contribution in [1.29, 1.82) is 0 Å². The van der Waals surface area contributed by atoms with Crippen molar-refractivity contribution in [2.45, 2.75) is 0 Å². The van der Waals surface area contributed by atoms with E-state index in [-0.39, 0.29) is 0 Å². The molecule has 11 heteroatoms. The molecule has 0 rings (SSSR count). The topological polar surface area (TPSA) is 43.4 Å². The van der Waals surface area contributed by atoms with Crippen molar-refractivity contribution < 1.29 is 46.8 Å². The van der Waals surface area contributed by atoms with E-state index in [1.165, 1.54) is 0 Å². The first-order valence-electron chi connectivity index (χ1n) is 1.72. The van der Waals surface area contributed by atoms with E-state index in [0.717, 1.165) is 0 Å². The Labute approximate surface area is 47.6 Å². The molecule has 0 fully saturated rings. The Kier molecular flexibility index (Phi) is 0.552. The molecule has 0 radical (unpaired) electrons. The molecule has 0 N–H and O–H groups in total. The van der Waals surface area contributed by atoms with E-state index in [4.69, 9.17) is 6.50 Å². The quantitative estimate of drug-likeness (QED) is 0.545. The van der Waals surface area contributed by atoms with E-state index < -0.39 is 17.6 Å². The Morgan fingerprint density at radius 1 is 0.818 bits per heavy atom. The molecule has 72 valence electrons. The Hall–Kier alpha value is -0.190. The molecule has 0 aliphatic rings. The van der Waals surface area contributed by atoms with Crippen LogP contribution in [0, 0.1) is 0 Å². The van der Waals surface area contributed by atoms with E-state index in [1.54, 1.807) is 0 Å². The summed E-state index contributed by atoms with van der Waals surface area (Å²) in [5.74, 6) is 0.